The molecule has 0 fully saturated rings. The lowest BCUT2D eigenvalue weighted by Gasteiger charge is -2.08. The van der Waals surface area contributed by atoms with Gasteiger partial charge in [-0.2, -0.15) is 15.6 Å². The van der Waals surface area contributed by atoms with Gasteiger partial charge >= 0.3 is 0 Å². The van der Waals surface area contributed by atoms with E-state index in [9.17, 15) is 0 Å². The predicted molar refractivity (Wildman–Crippen MR) is 55.7 cm³/mol. The van der Waals surface area contributed by atoms with Crippen LogP contribution in [-0.2, 0) is 6.54 Å². The van der Waals surface area contributed by atoms with Gasteiger partial charge in [0, 0.05) is 12.1 Å². The van der Waals surface area contributed by atoms with Crippen LogP contribution >= 0.6 is 0 Å². The predicted octanol–water partition coefficient (Wildman–Crippen LogP) is 1.94. The van der Waals surface area contributed by atoms with Gasteiger partial charge in [0.2, 0.25) is 0 Å². The standard InChI is InChI=1S/C11H14N4/c1-9-6-10(2)15(14-9)8-11(7-13)4-3-5-12/h6,11H,3-4,8H2,1-2H3/t11-/m0/s1. The molecule has 0 amide bonds. The van der Waals surface area contributed by atoms with Crippen molar-refractivity contribution in [3.8, 4) is 12.1 Å². The number of hydrogen-bond acceptors (Lipinski definition) is 3. The van der Waals surface area contributed by atoms with E-state index >= 15 is 0 Å². The third kappa shape index (κ3) is 3.11. The molecule has 0 aliphatic heterocycles. The molecule has 0 radical (unpaired) electrons. The van der Waals surface area contributed by atoms with Crippen LogP contribution in [0.15, 0.2) is 6.07 Å². The molecule has 0 unspecified atom stereocenters. The molecule has 0 N–H and O–H groups in total. The first-order valence-electron chi connectivity index (χ1n) is 4.95. The van der Waals surface area contributed by atoms with Crippen LogP contribution in [0.3, 0.4) is 0 Å². The van der Waals surface area contributed by atoms with Gasteiger partial charge in [-0.15, -0.1) is 0 Å². The van der Waals surface area contributed by atoms with Crippen LogP contribution in [0.4, 0.5) is 0 Å². The average Bonchev–Trinajstić information content (AvgIpc) is 2.52. The molecule has 0 bridgehead atoms. The summed E-state index contributed by atoms with van der Waals surface area (Å²) < 4.78 is 1.83. The van der Waals surface area contributed by atoms with E-state index in [1.165, 1.54) is 0 Å². The molecular formula is C11H14N4. The second kappa shape index (κ2) is 5.17. The summed E-state index contributed by atoms with van der Waals surface area (Å²) in [6.07, 6.45) is 1.04. The number of aromatic nitrogens is 2. The lowest BCUT2D eigenvalue weighted by molar-refractivity contribution is 0.467. The normalized spacial score (nSPS) is 11.7. The quantitative estimate of drug-likeness (QED) is 0.749. The summed E-state index contributed by atoms with van der Waals surface area (Å²) in [5, 5.41) is 21.7. The summed E-state index contributed by atoms with van der Waals surface area (Å²) in [6.45, 7) is 4.48. The molecule has 1 heterocycles. The summed E-state index contributed by atoms with van der Waals surface area (Å²) in [5.41, 5.74) is 2.02. The molecule has 0 spiro atoms. The van der Waals surface area contributed by atoms with Gasteiger partial charge in [0.1, 0.15) is 0 Å². The van der Waals surface area contributed by atoms with Crippen molar-refractivity contribution in [2.24, 2.45) is 5.92 Å². The number of aryl methyl sites for hydroxylation is 2. The highest BCUT2D eigenvalue weighted by Crippen LogP contribution is 2.10. The first kappa shape index (κ1) is 11.3. The van der Waals surface area contributed by atoms with E-state index in [-0.39, 0.29) is 5.92 Å². The van der Waals surface area contributed by atoms with Crippen molar-refractivity contribution < 1.29 is 0 Å². The Kier molecular flexibility index (Phi) is 3.88. The second-order valence-corrected chi connectivity index (χ2v) is 3.63. The van der Waals surface area contributed by atoms with Crippen molar-refractivity contribution in [2.45, 2.75) is 33.2 Å². The Hall–Kier alpha value is -1.81. The lowest BCUT2D eigenvalue weighted by Crippen LogP contribution is -2.11. The van der Waals surface area contributed by atoms with E-state index in [1.807, 2.05) is 24.6 Å². The van der Waals surface area contributed by atoms with Crippen molar-refractivity contribution in [3.05, 3.63) is 17.5 Å². The Balaban J connectivity index is 2.64. The molecule has 0 aromatic carbocycles. The highest BCUT2D eigenvalue weighted by atomic mass is 15.3. The van der Waals surface area contributed by atoms with Gasteiger partial charge in [0.25, 0.3) is 0 Å². The highest BCUT2D eigenvalue weighted by Gasteiger charge is 2.10. The largest absolute Gasteiger partial charge is 0.268 e. The first-order valence-corrected chi connectivity index (χ1v) is 4.95. The molecule has 4 heteroatoms. The number of rotatable bonds is 4. The molecular weight excluding hydrogens is 188 g/mol. The molecule has 1 aromatic rings. The van der Waals surface area contributed by atoms with E-state index in [2.05, 4.69) is 17.2 Å². The minimum Gasteiger partial charge on any atom is -0.268 e. The van der Waals surface area contributed by atoms with Gasteiger partial charge in [-0.25, -0.2) is 0 Å². The molecule has 0 saturated heterocycles. The lowest BCUT2D eigenvalue weighted by atomic mass is 10.1. The summed E-state index contributed by atoms with van der Waals surface area (Å²) in [7, 11) is 0. The van der Waals surface area contributed by atoms with Crippen LogP contribution in [0.2, 0.25) is 0 Å². The van der Waals surface area contributed by atoms with Crippen LogP contribution in [0, 0.1) is 42.4 Å². The van der Waals surface area contributed by atoms with Gasteiger partial charge in [-0.3, -0.25) is 4.68 Å². The Morgan fingerprint density at radius 2 is 2.20 bits per heavy atom. The van der Waals surface area contributed by atoms with E-state index < -0.39 is 0 Å². The number of nitriles is 2. The highest BCUT2D eigenvalue weighted by molar-refractivity contribution is 5.07. The smallest absolute Gasteiger partial charge is 0.0675 e. The maximum Gasteiger partial charge on any atom is 0.0675 e. The molecule has 1 rings (SSSR count). The van der Waals surface area contributed by atoms with Crippen molar-refractivity contribution >= 4 is 0 Å². The molecule has 4 nitrogen and oxygen atoms in total. The first-order chi connectivity index (χ1) is 7.17. The van der Waals surface area contributed by atoms with Gasteiger partial charge in [0.05, 0.1) is 30.3 Å². The molecule has 1 aromatic heterocycles. The molecule has 1 atom stereocenters. The fourth-order valence-electron chi connectivity index (χ4n) is 1.50. The van der Waals surface area contributed by atoms with Crippen LogP contribution in [0.25, 0.3) is 0 Å². The zero-order chi connectivity index (χ0) is 11.3. The van der Waals surface area contributed by atoms with Crippen LogP contribution in [-0.4, -0.2) is 9.78 Å². The summed E-state index contributed by atoms with van der Waals surface area (Å²) in [6, 6.07) is 6.25. The minimum absolute atomic E-state index is 0.123. The molecule has 0 saturated carbocycles. The van der Waals surface area contributed by atoms with E-state index in [4.69, 9.17) is 10.5 Å². The third-order valence-corrected chi connectivity index (χ3v) is 2.28. The Morgan fingerprint density at radius 3 is 2.67 bits per heavy atom. The monoisotopic (exact) mass is 202 g/mol. The van der Waals surface area contributed by atoms with Crippen LogP contribution < -0.4 is 0 Å². The fourth-order valence-corrected chi connectivity index (χ4v) is 1.50. The van der Waals surface area contributed by atoms with Crippen molar-refractivity contribution in [1.29, 1.82) is 10.5 Å². The molecule has 0 aliphatic carbocycles. The number of hydrogen-bond donors (Lipinski definition) is 0. The van der Waals surface area contributed by atoms with Crippen LogP contribution in [0.5, 0.6) is 0 Å². The third-order valence-electron chi connectivity index (χ3n) is 2.28. The molecule has 0 aliphatic rings. The van der Waals surface area contributed by atoms with Gasteiger partial charge < -0.3 is 0 Å². The topological polar surface area (TPSA) is 65.4 Å². The van der Waals surface area contributed by atoms with Crippen LogP contribution in [0.1, 0.15) is 24.2 Å². The van der Waals surface area contributed by atoms with Gasteiger partial charge in [-0.1, -0.05) is 0 Å². The van der Waals surface area contributed by atoms with Crippen molar-refractivity contribution in [3.63, 3.8) is 0 Å². The van der Waals surface area contributed by atoms with Gasteiger partial charge in [0.15, 0.2) is 0 Å². The average molecular weight is 202 g/mol. The van der Waals surface area contributed by atoms with Crippen molar-refractivity contribution in [2.75, 3.05) is 0 Å². The Morgan fingerprint density at radius 1 is 1.47 bits per heavy atom. The van der Waals surface area contributed by atoms with Gasteiger partial charge in [-0.05, 0) is 26.3 Å². The molecule has 78 valence electrons. The summed E-state index contributed by atoms with van der Waals surface area (Å²) >= 11 is 0. The second-order valence-electron chi connectivity index (χ2n) is 3.63. The maximum atomic E-state index is 8.91. The SMILES string of the molecule is Cc1cc(C)n(C[C@H](C#N)CCC#N)n1. The zero-order valence-corrected chi connectivity index (χ0v) is 9.06. The zero-order valence-electron chi connectivity index (χ0n) is 9.06. The maximum absolute atomic E-state index is 8.91. The van der Waals surface area contributed by atoms with E-state index in [0.717, 1.165) is 11.4 Å². The van der Waals surface area contributed by atoms with E-state index in [0.29, 0.717) is 19.4 Å². The van der Waals surface area contributed by atoms with Crippen molar-refractivity contribution in [1.82, 2.24) is 9.78 Å². The minimum atomic E-state index is -0.123. The Labute approximate surface area is 89.7 Å². The summed E-state index contributed by atoms with van der Waals surface area (Å²) in [4.78, 5) is 0. The Bertz CT molecular complexity index is 405. The summed E-state index contributed by atoms with van der Waals surface area (Å²) in [5.74, 6) is -0.123. The number of nitrogens with zero attached hydrogens (tertiary/aromatic N) is 4. The molecule has 15 heavy (non-hydrogen) atoms. The fraction of sp³-hybridized carbons (Fsp3) is 0.545. The van der Waals surface area contributed by atoms with E-state index in [1.54, 1.807) is 0 Å².